The van der Waals surface area contributed by atoms with Gasteiger partial charge in [-0.05, 0) is 25.0 Å². The average Bonchev–Trinajstić information content (AvgIpc) is 2.48. The SMILES string of the molecule is C=CCC(NC(=O)N(CCCC)c1ccccc1)C(=O)O. The van der Waals surface area contributed by atoms with Gasteiger partial charge in [0.2, 0.25) is 0 Å². The number of carbonyl (C=O) groups is 2. The summed E-state index contributed by atoms with van der Waals surface area (Å²) in [5, 5.41) is 11.6. The first-order valence-corrected chi connectivity index (χ1v) is 7.07. The number of benzene rings is 1. The van der Waals surface area contributed by atoms with E-state index in [2.05, 4.69) is 11.9 Å². The maximum absolute atomic E-state index is 12.4. The summed E-state index contributed by atoms with van der Waals surface area (Å²) in [6.45, 7) is 6.10. The molecule has 0 aliphatic carbocycles. The Balaban J connectivity index is 2.84. The van der Waals surface area contributed by atoms with Crippen molar-refractivity contribution in [1.29, 1.82) is 0 Å². The molecule has 5 heteroatoms. The molecule has 0 saturated carbocycles. The third-order valence-corrected chi connectivity index (χ3v) is 3.05. The van der Waals surface area contributed by atoms with Crippen LogP contribution in [0.2, 0.25) is 0 Å². The molecule has 1 aromatic rings. The molecule has 114 valence electrons. The molecule has 1 aromatic carbocycles. The predicted molar refractivity (Wildman–Crippen MR) is 83.5 cm³/mol. The zero-order valence-corrected chi connectivity index (χ0v) is 12.3. The molecule has 2 amide bonds. The number of carbonyl (C=O) groups excluding carboxylic acids is 1. The van der Waals surface area contributed by atoms with Gasteiger partial charge in [-0.3, -0.25) is 4.90 Å². The Morgan fingerprint density at radius 1 is 1.38 bits per heavy atom. The van der Waals surface area contributed by atoms with Gasteiger partial charge in [0.05, 0.1) is 0 Å². The Morgan fingerprint density at radius 3 is 2.57 bits per heavy atom. The lowest BCUT2D eigenvalue weighted by molar-refractivity contribution is -0.139. The summed E-state index contributed by atoms with van der Waals surface area (Å²) in [6, 6.07) is 7.88. The number of carboxylic acid groups (broad SMARTS) is 1. The zero-order valence-electron chi connectivity index (χ0n) is 12.3. The van der Waals surface area contributed by atoms with Crippen molar-refractivity contribution in [2.24, 2.45) is 0 Å². The molecular weight excluding hydrogens is 268 g/mol. The summed E-state index contributed by atoms with van der Waals surface area (Å²) in [4.78, 5) is 25.0. The lowest BCUT2D eigenvalue weighted by Crippen LogP contribution is -2.48. The molecule has 0 heterocycles. The number of amides is 2. The molecule has 1 atom stereocenters. The molecule has 0 saturated heterocycles. The van der Waals surface area contributed by atoms with Crippen LogP contribution in [-0.2, 0) is 4.79 Å². The number of nitrogens with zero attached hydrogens (tertiary/aromatic N) is 1. The molecule has 0 aliphatic heterocycles. The van der Waals surface area contributed by atoms with Gasteiger partial charge in [-0.15, -0.1) is 6.58 Å². The third kappa shape index (κ3) is 5.30. The highest BCUT2D eigenvalue weighted by molar-refractivity contribution is 5.94. The number of para-hydroxylation sites is 1. The van der Waals surface area contributed by atoms with E-state index in [9.17, 15) is 9.59 Å². The molecular formula is C16H22N2O3. The van der Waals surface area contributed by atoms with Crippen molar-refractivity contribution in [1.82, 2.24) is 5.32 Å². The van der Waals surface area contributed by atoms with E-state index < -0.39 is 18.0 Å². The molecule has 0 aliphatic rings. The van der Waals surface area contributed by atoms with Gasteiger partial charge in [-0.25, -0.2) is 9.59 Å². The first-order valence-electron chi connectivity index (χ1n) is 7.07. The Labute approximate surface area is 125 Å². The molecule has 5 nitrogen and oxygen atoms in total. The standard InChI is InChI=1S/C16H22N2O3/c1-3-5-12-18(13-10-7-6-8-11-13)16(21)17-14(9-4-2)15(19)20/h4,6-8,10-11,14H,2-3,5,9,12H2,1H3,(H,17,21)(H,19,20). The topological polar surface area (TPSA) is 69.6 Å². The minimum Gasteiger partial charge on any atom is -0.480 e. The van der Waals surface area contributed by atoms with Crippen LogP contribution in [0.4, 0.5) is 10.5 Å². The number of unbranched alkanes of at least 4 members (excludes halogenated alkanes) is 1. The monoisotopic (exact) mass is 290 g/mol. The molecule has 0 radical (unpaired) electrons. The van der Waals surface area contributed by atoms with Crippen molar-refractivity contribution in [3.63, 3.8) is 0 Å². The van der Waals surface area contributed by atoms with Crippen molar-refractivity contribution >= 4 is 17.7 Å². The first-order chi connectivity index (χ1) is 10.1. The first kappa shape index (κ1) is 16.8. The van der Waals surface area contributed by atoms with Crippen LogP contribution in [0, 0.1) is 0 Å². The number of aliphatic carboxylic acids is 1. The molecule has 21 heavy (non-hydrogen) atoms. The molecule has 0 aromatic heterocycles. The van der Waals surface area contributed by atoms with Gasteiger partial charge in [0, 0.05) is 12.2 Å². The highest BCUT2D eigenvalue weighted by atomic mass is 16.4. The van der Waals surface area contributed by atoms with Crippen LogP contribution in [0.5, 0.6) is 0 Å². The van der Waals surface area contributed by atoms with Crippen molar-refractivity contribution in [2.75, 3.05) is 11.4 Å². The second kappa shape index (κ2) is 8.79. The van der Waals surface area contributed by atoms with Crippen molar-refractivity contribution < 1.29 is 14.7 Å². The van der Waals surface area contributed by atoms with Crippen molar-refractivity contribution in [2.45, 2.75) is 32.2 Å². The van der Waals surface area contributed by atoms with E-state index in [1.807, 2.05) is 37.3 Å². The van der Waals surface area contributed by atoms with Gasteiger partial charge in [0.25, 0.3) is 0 Å². The minimum absolute atomic E-state index is 0.192. The maximum Gasteiger partial charge on any atom is 0.326 e. The lowest BCUT2D eigenvalue weighted by atomic mass is 10.2. The van der Waals surface area contributed by atoms with Crippen molar-refractivity contribution in [3.05, 3.63) is 43.0 Å². The molecule has 2 N–H and O–H groups in total. The molecule has 1 rings (SSSR count). The van der Waals surface area contributed by atoms with Gasteiger partial charge in [-0.1, -0.05) is 37.6 Å². The summed E-state index contributed by atoms with van der Waals surface area (Å²) in [5.74, 6) is -1.06. The number of rotatable bonds is 8. The van der Waals surface area contributed by atoms with Crippen LogP contribution in [0.3, 0.4) is 0 Å². The molecule has 1 unspecified atom stereocenters. The maximum atomic E-state index is 12.4. The van der Waals surface area contributed by atoms with E-state index in [-0.39, 0.29) is 6.42 Å². The van der Waals surface area contributed by atoms with E-state index in [1.165, 1.54) is 6.08 Å². The summed E-state index contributed by atoms with van der Waals surface area (Å²) in [5.41, 5.74) is 0.756. The van der Waals surface area contributed by atoms with Crippen LogP contribution >= 0.6 is 0 Å². The number of carboxylic acids is 1. The normalized spacial score (nSPS) is 11.5. The number of nitrogens with one attached hydrogen (secondary N) is 1. The number of hydrogen-bond donors (Lipinski definition) is 2. The van der Waals surface area contributed by atoms with Crippen LogP contribution in [0.1, 0.15) is 26.2 Å². The predicted octanol–water partition coefficient (Wildman–Crippen LogP) is 3.03. The number of hydrogen-bond acceptors (Lipinski definition) is 2. The molecule has 0 bridgehead atoms. The van der Waals surface area contributed by atoms with E-state index >= 15 is 0 Å². The number of anilines is 1. The van der Waals surface area contributed by atoms with Gasteiger partial charge in [-0.2, -0.15) is 0 Å². The largest absolute Gasteiger partial charge is 0.480 e. The quantitative estimate of drug-likeness (QED) is 0.723. The van der Waals surface area contributed by atoms with Gasteiger partial charge < -0.3 is 10.4 Å². The highest BCUT2D eigenvalue weighted by Gasteiger charge is 2.22. The highest BCUT2D eigenvalue weighted by Crippen LogP contribution is 2.14. The van der Waals surface area contributed by atoms with Gasteiger partial charge in [0.15, 0.2) is 0 Å². The average molecular weight is 290 g/mol. The fourth-order valence-electron chi connectivity index (χ4n) is 1.89. The lowest BCUT2D eigenvalue weighted by Gasteiger charge is -2.25. The van der Waals surface area contributed by atoms with Gasteiger partial charge >= 0.3 is 12.0 Å². The summed E-state index contributed by atoms with van der Waals surface area (Å²) in [6.07, 6.45) is 3.47. The summed E-state index contributed by atoms with van der Waals surface area (Å²) >= 11 is 0. The van der Waals surface area contributed by atoms with Crippen LogP contribution in [0.25, 0.3) is 0 Å². The minimum atomic E-state index is -1.06. The Morgan fingerprint density at radius 2 is 2.05 bits per heavy atom. The zero-order chi connectivity index (χ0) is 15.7. The Bertz CT molecular complexity index is 474. The van der Waals surface area contributed by atoms with Crippen molar-refractivity contribution in [3.8, 4) is 0 Å². The Hall–Kier alpha value is -2.30. The fourth-order valence-corrected chi connectivity index (χ4v) is 1.89. The molecule has 0 fully saturated rings. The van der Waals surface area contributed by atoms with E-state index in [0.717, 1.165) is 18.5 Å². The van der Waals surface area contributed by atoms with E-state index in [0.29, 0.717) is 6.54 Å². The van der Waals surface area contributed by atoms with Crippen LogP contribution in [-0.4, -0.2) is 29.7 Å². The van der Waals surface area contributed by atoms with E-state index in [4.69, 9.17) is 5.11 Å². The van der Waals surface area contributed by atoms with Crippen LogP contribution < -0.4 is 10.2 Å². The van der Waals surface area contributed by atoms with E-state index in [1.54, 1.807) is 4.90 Å². The fraction of sp³-hybridized carbons (Fsp3) is 0.375. The third-order valence-electron chi connectivity index (χ3n) is 3.05. The summed E-state index contributed by atoms with van der Waals surface area (Å²) in [7, 11) is 0. The number of urea groups is 1. The second-order valence-electron chi connectivity index (χ2n) is 4.71. The van der Waals surface area contributed by atoms with Gasteiger partial charge in [0.1, 0.15) is 6.04 Å². The summed E-state index contributed by atoms with van der Waals surface area (Å²) < 4.78 is 0. The smallest absolute Gasteiger partial charge is 0.326 e. The second-order valence-corrected chi connectivity index (χ2v) is 4.71. The van der Waals surface area contributed by atoms with Crippen LogP contribution in [0.15, 0.2) is 43.0 Å². The Kier molecular flexibility index (Phi) is 7.01. The molecule has 0 spiro atoms.